The van der Waals surface area contributed by atoms with Gasteiger partial charge < -0.3 is 5.73 Å². The quantitative estimate of drug-likeness (QED) is 0.854. The van der Waals surface area contributed by atoms with E-state index in [-0.39, 0.29) is 0 Å². The van der Waals surface area contributed by atoms with Crippen LogP contribution in [0, 0.1) is 0 Å². The van der Waals surface area contributed by atoms with Crippen molar-refractivity contribution in [1.29, 1.82) is 0 Å². The standard InChI is InChI=1S/C11H12ClN3S3/c1-16-10-14-15-11(18-10)17-9-4-2-3-8(12)7(9)5-6-13/h2-4H,5-6,13H2,1H3. The van der Waals surface area contributed by atoms with Crippen LogP contribution in [-0.2, 0) is 6.42 Å². The molecule has 0 radical (unpaired) electrons. The Bertz CT molecular complexity index is 530. The number of thioether (sulfide) groups is 1. The van der Waals surface area contributed by atoms with Crippen LogP contribution in [0.3, 0.4) is 0 Å². The Morgan fingerprint density at radius 1 is 1.33 bits per heavy atom. The Balaban J connectivity index is 2.25. The van der Waals surface area contributed by atoms with Crippen molar-refractivity contribution < 1.29 is 0 Å². The Morgan fingerprint density at radius 2 is 2.11 bits per heavy atom. The van der Waals surface area contributed by atoms with Gasteiger partial charge >= 0.3 is 0 Å². The molecule has 2 N–H and O–H groups in total. The smallest absolute Gasteiger partial charge is 0.179 e. The Hall–Kier alpha value is -0.270. The third-order valence-electron chi connectivity index (χ3n) is 2.23. The molecule has 1 aromatic heterocycles. The molecule has 1 heterocycles. The largest absolute Gasteiger partial charge is 0.330 e. The highest BCUT2D eigenvalue weighted by atomic mass is 35.5. The van der Waals surface area contributed by atoms with Gasteiger partial charge in [0.25, 0.3) is 0 Å². The highest BCUT2D eigenvalue weighted by Gasteiger charge is 2.11. The minimum atomic E-state index is 0.587. The third-order valence-corrected chi connectivity index (χ3v) is 5.64. The molecule has 0 aliphatic heterocycles. The molecule has 1 aromatic carbocycles. The molecule has 96 valence electrons. The maximum atomic E-state index is 6.20. The maximum Gasteiger partial charge on any atom is 0.179 e. The van der Waals surface area contributed by atoms with Crippen molar-refractivity contribution >= 4 is 46.5 Å². The molecule has 0 bridgehead atoms. The topological polar surface area (TPSA) is 51.8 Å². The van der Waals surface area contributed by atoms with Crippen LogP contribution in [0.5, 0.6) is 0 Å². The second-order valence-electron chi connectivity index (χ2n) is 3.40. The number of halogens is 1. The first kappa shape index (κ1) is 14.1. The van der Waals surface area contributed by atoms with E-state index in [0.29, 0.717) is 6.54 Å². The van der Waals surface area contributed by atoms with E-state index >= 15 is 0 Å². The number of nitrogens with zero attached hydrogens (tertiary/aromatic N) is 2. The summed E-state index contributed by atoms with van der Waals surface area (Å²) >= 11 is 11.0. The van der Waals surface area contributed by atoms with Crippen LogP contribution in [0.4, 0.5) is 0 Å². The molecule has 0 saturated carbocycles. The molecular weight excluding hydrogens is 306 g/mol. The van der Waals surface area contributed by atoms with Crippen LogP contribution in [0.15, 0.2) is 31.8 Å². The second-order valence-corrected chi connectivity index (χ2v) is 7.12. The highest BCUT2D eigenvalue weighted by molar-refractivity contribution is 8.03. The zero-order valence-corrected chi connectivity index (χ0v) is 12.9. The average molecular weight is 318 g/mol. The summed E-state index contributed by atoms with van der Waals surface area (Å²) in [5, 5.41) is 9.00. The monoisotopic (exact) mass is 317 g/mol. The predicted octanol–water partition coefficient (Wildman–Crippen LogP) is 3.57. The molecule has 2 aromatic rings. The number of nitrogens with two attached hydrogens (primary N) is 1. The summed E-state index contributed by atoms with van der Waals surface area (Å²) in [4.78, 5) is 1.11. The van der Waals surface area contributed by atoms with Gasteiger partial charge in [0.05, 0.1) is 0 Å². The molecule has 0 saturated heterocycles. The van der Waals surface area contributed by atoms with Crippen molar-refractivity contribution in [1.82, 2.24) is 10.2 Å². The van der Waals surface area contributed by atoms with Crippen molar-refractivity contribution in [3.05, 3.63) is 28.8 Å². The molecule has 3 nitrogen and oxygen atoms in total. The van der Waals surface area contributed by atoms with Gasteiger partial charge in [-0.1, -0.05) is 52.5 Å². The minimum Gasteiger partial charge on any atom is -0.330 e. The average Bonchev–Trinajstić information content (AvgIpc) is 2.81. The fourth-order valence-corrected chi connectivity index (χ4v) is 4.35. The van der Waals surface area contributed by atoms with Crippen LogP contribution in [0.25, 0.3) is 0 Å². The van der Waals surface area contributed by atoms with Crippen molar-refractivity contribution in [2.24, 2.45) is 5.73 Å². The Labute approximate surface area is 124 Å². The molecule has 0 fully saturated rings. The van der Waals surface area contributed by atoms with Gasteiger partial charge in [0.1, 0.15) is 0 Å². The van der Waals surface area contributed by atoms with Gasteiger partial charge in [-0.25, -0.2) is 0 Å². The van der Waals surface area contributed by atoms with Gasteiger partial charge in [0, 0.05) is 9.92 Å². The van der Waals surface area contributed by atoms with E-state index in [1.807, 2.05) is 24.5 Å². The Kier molecular flexibility index (Phi) is 5.32. The number of hydrogen-bond donors (Lipinski definition) is 1. The summed E-state index contributed by atoms with van der Waals surface area (Å²) in [6, 6.07) is 5.88. The van der Waals surface area contributed by atoms with Gasteiger partial charge in [-0.15, -0.1) is 10.2 Å². The fraction of sp³-hybridized carbons (Fsp3) is 0.273. The lowest BCUT2D eigenvalue weighted by Gasteiger charge is -2.08. The van der Waals surface area contributed by atoms with Gasteiger partial charge in [-0.2, -0.15) is 0 Å². The molecule has 18 heavy (non-hydrogen) atoms. The van der Waals surface area contributed by atoms with Crippen molar-refractivity contribution in [3.63, 3.8) is 0 Å². The molecule has 7 heteroatoms. The number of hydrogen-bond acceptors (Lipinski definition) is 6. The lowest BCUT2D eigenvalue weighted by molar-refractivity contribution is 0.938. The molecule has 0 aliphatic carbocycles. The molecule has 0 spiro atoms. The number of rotatable bonds is 5. The van der Waals surface area contributed by atoms with E-state index in [4.69, 9.17) is 17.3 Å². The minimum absolute atomic E-state index is 0.587. The van der Waals surface area contributed by atoms with E-state index in [2.05, 4.69) is 10.2 Å². The van der Waals surface area contributed by atoms with Crippen LogP contribution in [0.2, 0.25) is 5.02 Å². The van der Waals surface area contributed by atoms with Crippen LogP contribution in [0.1, 0.15) is 5.56 Å². The number of benzene rings is 1. The van der Waals surface area contributed by atoms with Crippen LogP contribution in [-0.4, -0.2) is 23.0 Å². The van der Waals surface area contributed by atoms with Crippen molar-refractivity contribution in [2.45, 2.75) is 20.0 Å². The summed E-state index contributed by atoms with van der Waals surface area (Å²) < 4.78 is 1.90. The lowest BCUT2D eigenvalue weighted by Crippen LogP contribution is -2.04. The zero-order valence-electron chi connectivity index (χ0n) is 9.72. The summed E-state index contributed by atoms with van der Waals surface area (Å²) in [5.41, 5.74) is 6.71. The van der Waals surface area contributed by atoms with Gasteiger partial charge in [0.15, 0.2) is 8.68 Å². The molecule has 0 amide bonds. The van der Waals surface area contributed by atoms with Crippen molar-refractivity contribution in [2.75, 3.05) is 12.8 Å². The molecule has 0 unspecified atom stereocenters. The van der Waals surface area contributed by atoms with E-state index in [9.17, 15) is 0 Å². The molecule has 0 atom stereocenters. The van der Waals surface area contributed by atoms with Crippen LogP contribution >= 0.6 is 46.5 Å². The molecular formula is C11H12ClN3S3. The predicted molar refractivity (Wildman–Crippen MR) is 80.0 cm³/mol. The van der Waals surface area contributed by atoms with Crippen LogP contribution < -0.4 is 5.73 Å². The molecule has 2 rings (SSSR count). The summed E-state index contributed by atoms with van der Waals surface area (Å²) in [7, 11) is 0. The van der Waals surface area contributed by atoms with E-state index in [0.717, 1.165) is 30.6 Å². The van der Waals surface area contributed by atoms with E-state index in [1.54, 1.807) is 34.9 Å². The fourth-order valence-electron chi connectivity index (χ4n) is 1.44. The highest BCUT2D eigenvalue weighted by Crippen LogP contribution is 2.36. The van der Waals surface area contributed by atoms with Crippen molar-refractivity contribution in [3.8, 4) is 0 Å². The first-order valence-corrected chi connectivity index (χ1v) is 8.51. The summed E-state index contributed by atoms with van der Waals surface area (Å²) in [6.45, 7) is 0.587. The summed E-state index contributed by atoms with van der Waals surface area (Å²) in [6.07, 6.45) is 2.77. The normalized spacial score (nSPS) is 10.8. The molecule has 0 aliphatic rings. The zero-order chi connectivity index (χ0) is 13.0. The van der Waals surface area contributed by atoms with E-state index < -0.39 is 0 Å². The van der Waals surface area contributed by atoms with E-state index in [1.165, 1.54) is 0 Å². The number of aromatic nitrogens is 2. The maximum absolute atomic E-state index is 6.20. The van der Waals surface area contributed by atoms with Gasteiger partial charge in [0.2, 0.25) is 0 Å². The second kappa shape index (κ2) is 6.77. The van der Waals surface area contributed by atoms with Gasteiger partial charge in [-0.3, -0.25) is 0 Å². The first-order chi connectivity index (χ1) is 8.74. The summed E-state index contributed by atoms with van der Waals surface area (Å²) in [5.74, 6) is 0. The third kappa shape index (κ3) is 3.39. The lowest BCUT2D eigenvalue weighted by atomic mass is 10.1. The first-order valence-electron chi connectivity index (χ1n) is 5.27. The Morgan fingerprint density at radius 3 is 2.78 bits per heavy atom. The van der Waals surface area contributed by atoms with Gasteiger partial charge in [-0.05, 0) is 36.9 Å². The SMILES string of the molecule is CSc1nnc(Sc2cccc(Cl)c2CCN)s1.